The molecule has 0 saturated carbocycles. The van der Waals surface area contributed by atoms with E-state index in [1.807, 2.05) is 26.0 Å². The van der Waals surface area contributed by atoms with E-state index in [1.165, 1.54) is 24.3 Å². The molecule has 9 heteroatoms. The van der Waals surface area contributed by atoms with Crippen LogP contribution in [0.3, 0.4) is 0 Å². The van der Waals surface area contributed by atoms with Crippen LogP contribution in [-0.2, 0) is 21.4 Å². The summed E-state index contributed by atoms with van der Waals surface area (Å²) in [5.74, 6) is -0.502. The molecule has 0 aromatic heterocycles. The number of hydrogen-bond donors (Lipinski definition) is 1. The van der Waals surface area contributed by atoms with Gasteiger partial charge in [0.2, 0.25) is 5.91 Å². The molecule has 3 aromatic carbocycles. The van der Waals surface area contributed by atoms with Crippen molar-refractivity contribution in [3.63, 3.8) is 0 Å². The molecule has 6 nitrogen and oxygen atoms in total. The van der Waals surface area contributed by atoms with Crippen molar-refractivity contribution in [2.24, 2.45) is 0 Å². The van der Waals surface area contributed by atoms with Crippen LogP contribution in [0.5, 0.6) is 5.75 Å². The second-order valence-corrected chi connectivity index (χ2v) is 9.78. The number of amides is 1. The third-order valence-corrected chi connectivity index (χ3v) is 6.67. The van der Waals surface area contributed by atoms with Crippen LogP contribution in [0.15, 0.2) is 77.7 Å². The number of ether oxygens (including phenoxy) is 1. The van der Waals surface area contributed by atoms with Gasteiger partial charge in [0.05, 0.1) is 21.7 Å². The van der Waals surface area contributed by atoms with Crippen LogP contribution in [-0.4, -0.2) is 27.0 Å². The number of sulfonamides is 1. The fraction of sp³-hybridized carbons (Fsp3) is 0.208. The molecule has 0 aliphatic rings. The lowest BCUT2D eigenvalue weighted by molar-refractivity contribution is -0.119. The summed E-state index contributed by atoms with van der Waals surface area (Å²) in [5.41, 5.74) is 0.900. The molecule has 0 unspecified atom stereocenters. The molecule has 0 aliphatic heterocycles. The van der Waals surface area contributed by atoms with E-state index in [1.54, 1.807) is 30.3 Å². The van der Waals surface area contributed by atoms with Gasteiger partial charge < -0.3 is 10.1 Å². The fourth-order valence-electron chi connectivity index (χ4n) is 3.02. The van der Waals surface area contributed by atoms with Gasteiger partial charge in [-0.1, -0.05) is 41.9 Å². The lowest BCUT2D eigenvalue weighted by Crippen LogP contribution is -2.40. The van der Waals surface area contributed by atoms with E-state index in [0.29, 0.717) is 5.75 Å². The Morgan fingerprint density at radius 1 is 1.06 bits per heavy atom. The normalized spacial score (nSPS) is 11.3. The molecule has 3 aromatic rings. The molecule has 0 spiro atoms. The standard InChI is InChI=1S/C24H24ClFN2O4S/c1-17(2)32-20-11-8-18(9-12-20)15-27-24(29)16-28(19-10-13-23(26)22(25)14-19)33(30,31)21-6-4-3-5-7-21/h3-14,17H,15-16H2,1-2H3,(H,27,29). The van der Waals surface area contributed by atoms with Gasteiger partial charge in [0, 0.05) is 6.54 Å². The first-order chi connectivity index (χ1) is 15.7. The van der Waals surface area contributed by atoms with E-state index in [9.17, 15) is 17.6 Å². The highest BCUT2D eigenvalue weighted by atomic mass is 35.5. The van der Waals surface area contributed by atoms with Crippen molar-refractivity contribution in [1.82, 2.24) is 5.32 Å². The summed E-state index contributed by atoms with van der Waals surface area (Å²) >= 11 is 5.87. The lowest BCUT2D eigenvalue weighted by atomic mass is 10.2. The van der Waals surface area contributed by atoms with Crippen LogP contribution in [0.1, 0.15) is 19.4 Å². The molecular weight excluding hydrogens is 467 g/mol. The molecule has 0 fully saturated rings. The van der Waals surface area contributed by atoms with Crippen LogP contribution in [0.25, 0.3) is 0 Å². The van der Waals surface area contributed by atoms with Crippen molar-refractivity contribution >= 4 is 33.2 Å². The highest BCUT2D eigenvalue weighted by Gasteiger charge is 2.27. The van der Waals surface area contributed by atoms with Crippen molar-refractivity contribution in [3.05, 3.63) is 89.2 Å². The number of nitrogens with one attached hydrogen (secondary N) is 1. The maximum atomic E-state index is 13.7. The molecule has 1 N–H and O–H groups in total. The largest absolute Gasteiger partial charge is 0.491 e. The zero-order chi connectivity index (χ0) is 24.0. The maximum Gasteiger partial charge on any atom is 0.264 e. The predicted octanol–water partition coefficient (Wildman–Crippen LogP) is 4.78. The number of hydrogen-bond acceptors (Lipinski definition) is 4. The van der Waals surface area contributed by atoms with Crippen LogP contribution in [0.4, 0.5) is 10.1 Å². The highest BCUT2D eigenvalue weighted by molar-refractivity contribution is 7.92. The first-order valence-electron chi connectivity index (χ1n) is 10.2. The van der Waals surface area contributed by atoms with Crippen molar-refractivity contribution in [2.45, 2.75) is 31.4 Å². The Morgan fingerprint density at radius 2 is 1.73 bits per heavy atom. The smallest absolute Gasteiger partial charge is 0.264 e. The summed E-state index contributed by atoms with van der Waals surface area (Å²) in [6.45, 7) is 3.55. The molecule has 0 heterocycles. The topological polar surface area (TPSA) is 75.7 Å². The SMILES string of the molecule is CC(C)Oc1ccc(CNC(=O)CN(c2ccc(F)c(Cl)c2)S(=O)(=O)c2ccccc2)cc1. The van der Waals surface area contributed by atoms with E-state index >= 15 is 0 Å². The van der Waals surface area contributed by atoms with Gasteiger partial charge in [0.1, 0.15) is 18.1 Å². The Balaban J connectivity index is 1.78. The number of rotatable bonds is 9. The molecule has 174 valence electrons. The summed E-state index contributed by atoms with van der Waals surface area (Å²) in [6.07, 6.45) is 0.0491. The van der Waals surface area contributed by atoms with Crippen LogP contribution in [0, 0.1) is 5.82 Å². The molecule has 0 aliphatic carbocycles. The van der Waals surface area contributed by atoms with Crippen LogP contribution < -0.4 is 14.4 Å². The summed E-state index contributed by atoms with van der Waals surface area (Å²) in [4.78, 5) is 12.7. The summed E-state index contributed by atoms with van der Waals surface area (Å²) < 4.78 is 46.7. The first-order valence-corrected chi connectivity index (χ1v) is 12.0. The van der Waals surface area contributed by atoms with E-state index in [2.05, 4.69) is 5.32 Å². The molecule has 33 heavy (non-hydrogen) atoms. The molecular formula is C24H24ClFN2O4S. The zero-order valence-electron chi connectivity index (χ0n) is 18.2. The Hall–Kier alpha value is -3.10. The van der Waals surface area contributed by atoms with Crippen molar-refractivity contribution in [2.75, 3.05) is 10.8 Å². The Morgan fingerprint density at radius 3 is 2.33 bits per heavy atom. The van der Waals surface area contributed by atoms with Gasteiger partial charge >= 0.3 is 0 Å². The minimum absolute atomic E-state index is 0.000936. The summed E-state index contributed by atoms with van der Waals surface area (Å²) in [5, 5.41) is 2.47. The third-order valence-electron chi connectivity index (χ3n) is 4.59. The number of anilines is 1. The van der Waals surface area contributed by atoms with E-state index in [4.69, 9.17) is 16.3 Å². The quantitative estimate of drug-likeness (QED) is 0.468. The van der Waals surface area contributed by atoms with Crippen molar-refractivity contribution < 1.29 is 22.3 Å². The number of nitrogens with zero attached hydrogens (tertiary/aromatic N) is 1. The first kappa shape index (κ1) is 24.5. The van der Waals surface area contributed by atoms with Crippen LogP contribution >= 0.6 is 11.6 Å². The average molecular weight is 491 g/mol. The highest BCUT2D eigenvalue weighted by Crippen LogP contribution is 2.27. The van der Waals surface area contributed by atoms with Gasteiger partial charge in [-0.05, 0) is 61.9 Å². The summed E-state index contributed by atoms with van der Waals surface area (Å²) in [6, 6.07) is 18.4. The number of benzene rings is 3. The van der Waals surface area contributed by atoms with Gasteiger partial charge in [0.25, 0.3) is 10.0 Å². The molecule has 0 bridgehead atoms. The van der Waals surface area contributed by atoms with Gasteiger partial charge in [-0.2, -0.15) is 0 Å². The van der Waals surface area contributed by atoms with Gasteiger partial charge in [-0.3, -0.25) is 9.10 Å². The lowest BCUT2D eigenvalue weighted by Gasteiger charge is -2.24. The number of carbonyl (C=O) groups is 1. The van der Waals surface area contributed by atoms with E-state index in [-0.39, 0.29) is 28.3 Å². The van der Waals surface area contributed by atoms with Gasteiger partial charge in [0.15, 0.2) is 0 Å². The second-order valence-electron chi connectivity index (χ2n) is 7.51. The fourth-order valence-corrected chi connectivity index (χ4v) is 4.63. The van der Waals surface area contributed by atoms with Crippen LogP contribution in [0.2, 0.25) is 5.02 Å². The van der Waals surface area contributed by atoms with E-state index in [0.717, 1.165) is 15.9 Å². The van der Waals surface area contributed by atoms with Gasteiger partial charge in [-0.25, -0.2) is 12.8 Å². The zero-order valence-corrected chi connectivity index (χ0v) is 19.7. The molecule has 0 atom stereocenters. The molecule has 1 amide bonds. The minimum Gasteiger partial charge on any atom is -0.491 e. The predicted molar refractivity (Wildman–Crippen MR) is 126 cm³/mol. The Labute approximate surface area is 198 Å². The summed E-state index contributed by atoms with van der Waals surface area (Å²) in [7, 11) is -4.10. The van der Waals surface area contributed by atoms with Gasteiger partial charge in [-0.15, -0.1) is 0 Å². The third kappa shape index (κ3) is 6.46. The molecule has 0 saturated heterocycles. The number of halogens is 2. The Kier molecular flexibility index (Phi) is 7.94. The maximum absolute atomic E-state index is 13.7. The minimum atomic E-state index is -4.10. The van der Waals surface area contributed by atoms with E-state index < -0.39 is 28.3 Å². The second kappa shape index (κ2) is 10.7. The monoisotopic (exact) mass is 490 g/mol. The van der Waals surface area contributed by atoms with Crippen molar-refractivity contribution in [3.8, 4) is 5.75 Å². The Bertz CT molecular complexity index is 1200. The number of carbonyl (C=O) groups excluding carboxylic acids is 1. The molecule has 3 rings (SSSR count). The molecule has 0 radical (unpaired) electrons. The van der Waals surface area contributed by atoms with Crippen molar-refractivity contribution in [1.29, 1.82) is 0 Å². The average Bonchev–Trinajstić information content (AvgIpc) is 2.79.